The molecular formula is C26H29F6N5O5. The van der Waals surface area contributed by atoms with E-state index in [2.05, 4.69) is 9.98 Å². The fraction of sp³-hybridized carbons (Fsp3) is 0.500. The molecule has 3 unspecified atom stereocenters. The van der Waals surface area contributed by atoms with E-state index in [9.17, 15) is 36.2 Å². The summed E-state index contributed by atoms with van der Waals surface area (Å²) in [7, 11) is 1.37. The van der Waals surface area contributed by atoms with Crippen molar-refractivity contribution in [2.75, 3.05) is 25.2 Å². The molecule has 3 heterocycles. The van der Waals surface area contributed by atoms with Gasteiger partial charge in [-0.15, -0.1) is 5.06 Å². The Hall–Kier alpha value is -3.63. The minimum absolute atomic E-state index is 0.0153. The monoisotopic (exact) mass is 605 g/mol. The molecule has 0 spiro atoms. The molecule has 0 bridgehead atoms. The number of alkyl halides is 6. The zero-order chi connectivity index (χ0) is 31.0. The lowest BCUT2D eigenvalue weighted by Gasteiger charge is -2.47. The van der Waals surface area contributed by atoms with Gasteiger partial charge in [0.05, 0.1) is 48.4 Å². The molecule has 42 heavy (non-hydrogen) atoms. The van der Waals surface area contributed by atoms with Crippen LogP contribution in [0.2, 0.25) is 0 Å². The Bertz CT molecular complexity index is 1320. The molecule has 16 heteroatoms. The van der Waals surface area contributed by atoms with E-state index < -0.39 is 60.5 Å². The Morgan fingerprint density at radius 3 is 2.31 bits per heavy atom. The van der Waals surface area contributed by atoms with Crippen LogP contribution in [-0.4, -0.2) is 59.3 Å². The van der Waals surface area contributed by atoms with E-state index in [0.29, 0.717) is 12.1 Å². The number of ether oxygens (including phenoxy) is 2. The second-order valence-electron chi connectivity index (χ2n) is 9.74. The SMILES string of the molecule is CCOC(=O)N1c2ccc(OC)nc2C(C2N=C(CO)ON2Cc2cc(C(F)(F)F)cc(C(F)(F)F)c2)CC1(N)CC. The number of aromatic nitrogens is 1. The molecule has 4 rings (SSSR count). The summed E-state index contributed by atoms with van der Waals surface area (Å²) in [6, 6.07) is 4.24. The predicted octanol–water partition coefficient (Wildman–Crippen LogP) is 4.81. The van der Waals surface area contributed by atoms with E-state index >= 15 is 0 Å². The summed E-state index contributed by atoms with van der Waals surface area (Å²) in [4.78, 5) is 28.7. The third kappa shape index (κ3) is 6.10. The van der Waals surface area contributed by atoms with Crippen molar-refractivity contribution in [2.24, 2.45) is 10.7 Å². The van der Waals surface area contributed by atoms with E-state index in [1.165, 1.54) is 18.1 Å². The largest absolute Gasteiger partial charge is 0.481 e. The number of pyridine rings is 1. The normalized spacial score (nSPS) is 22.8. The first-order valence-corrected chi connectivity index (χ1v) is 12.9. The van der Waals surface area contributed by atoms with Gasteiger partial charge in [-0.3, -0.25) is 4.90 Å². The van der Waals surface area contributed by atoms with Crippen LogP contribution in [0.3, 0.4) is 0 Å². The molecule has 10 nitrogen and oxygen atoms in total. The number of benzene rings is 1. The second-order valence-corrected chi connectivity index (χ2v) is 9.74. The lowest BCUT2D eigenvalue weighted by molar-refractivity contribution is -0.143. The van der Waals surface area contributed by atoms with Gasteiger partial charge in [0.1, 0.15) is 12.8 Å². The van der Waals surface area contributed by atoms with Crippen LogP contribution in [-0.2, 0) is 28.5 Å². The van der Waals surface area contributed by atoms with Crippen LogP contribution in [0.1, 0.15) is 55.0 Å². The standard InChI is InChI=1S/C26H29F6N5O5/c1-4-24(33)11-17(21-18(6-7-19(34-21)40-3)37(24)23(39)41-5-2)22-35-20(13-38)42-36(22)12-14-8-15(25(27,28)29)10-16(9-14)26(30,31)32/h6-10,17,22,38H,4-5,11-13,33H2,1-3H3. The van der Waals surface area contributed by atoms with Crippen molar-refractivity contribution in [1.82, 2.24) is 10.0 Å². The maximum Gasteiger partial charge on any atom is 0.416 e. The van der Waals surface area contributed by atoms with E-state index in [0.717, 1.165) is 5.06 Å². The molecule has 3 atom stereocenters. The van der Waals surface area contributed by atoms with Crippen LogP contribution in [0.15, 0.2) is 35.3 Å². The van der Waals surface area contributed by atoms with Crippen LogP contribution in [0.5, 0.6) is 5.88 Å². The highest BCUT2D eigenvalue weighted by atomic mass is 19.4. The molecule has 230 valence electrons. The first-order valence-electron chi connectivity index (χ1n) is 12.9. The molecule has 0 fully saturated rings. The minimum atomic E-state index is -5.05. The summed E-state index contributed by atoms with van der Waals surface area (Å²) in [6.07, 6.45) is -11.7. The van der Waals surface area contributed by atoms with E-state index in [1.807, 2.05) is 0 Å². The van der Waals surface area contributed by atoms with Gasteiger partial charge in [0.15, 0.2) is 0 Å². The number of hydroxylamine groups is 2. The maximum absolute atomic E-state index is 13.5. The Morgan fingerprint density at radius 1 is 1.14 bits per heavy atom. The Labute approximate surface area is 236 Å². The smallest absolute Gasteiger partial charge is 0.416 e. The third-order valence-corrected chi connectivity index (χ3v) is 7.03. The van der Waals surface area contributed by atoms with Crippen LogP contribution < -0.4 is 15.4 Å². The number of fused-ring (bicyclic) bond motifs is 1. The molecule has 2 aliphatic rings. The van der Waals surface area contributed by atoms with Gasteiger partial charge in [-0.1, -0.05) is 6.92 Å². The van der Waals surface area contributed by atoms with Crippen molar-refractivity contribution >= 4 is 17.7 Å². The fourth-order valence-corrected chi connectivity index (χ4v) is 5.05. The molecule has 3 N–H and O–H groups in total. The number of carbonyl (C=O) groups is 1. The average molecular weight is 606 g/mol. The number of rotatable bonds is 7. The zero-order valence-electron chi connectivity index (χ0n) is 22.8. The van der Waals surface area contributed by atoms with Crippen LogP contribution in [0, 0.1) is 0 Å². The molecule has 1 aromatic carbocycles. The fourth-order valence-electron chi connectivity index (χ4n) is 5.05. The first kappa shape index (κ1) is 31.3. The van der Waals surface area contributed by atoms with Gasteiger partial charge in [-0.25, -0.2) is 14.8 Å². The number of aliphatic hydroxyl groups excluding tert-OH is 1. The van der Waals surface area contributed by atoms with Gasteiger partial charge >= 0.3 is 18.4 Å². The summed E-state index contributed by atoms with van der Waals surface area (Å²) in [5.41, 5.74) is 2.53. The molecule has 2 aliphatic heterocycles. The number of hydrogen-bond donors (Lipinski definition) is 2. The van der Waals surface area contributed by atoms with Crippen molar-refractivity contribution < 1.29 is 50.6 Å². The summed E-state index contributed by atoms with van der Waals surface area (Å²) in [6.45, 7) is 2.14. The Balaban J connectivity index is 1.81. The van der Waals surface area contributed by atoms with Crippen molar-refractivity contribution in [1.29, 1.82) is 0 Å². The van der Waals surface area contributed by atoms with Crippen LogP contribution in [0.4, 0.5) is 36.8 Å². The lowest BCUT2D eigenvalue weighted by atomic mass is 9.82. The number of halogens is 6. The van der Waals surface area contributed by atoms with Crippen molar-refractivity contribution in [3.63, 3.8) is 0 Å². The van der Waals surface area contributed by atoms with Gasteiger partial charge in [0.2, 0.25) is 11.8 Å². The summed E-state index contributed by atoms with van der Waals surface area (Å²) < 4.78 is 91.5. The number of hydrogen-bond acceptors (Lipinski definition) is 9. The average Bonchev–Trinajstić information content (AvgIpc) is 3.33. The van der Waals surface area contributed by atoms with E-state index in [1.54, 1.807) is 19.9 Å². The minimum Gasteiger partial charge on any atom is -0.481 e. The van der Waals surface area contributed by atoms with Gasteiger partial charge < -0.3 is 25.2 Å². The first-order chi connectivity index (χ1) is 19.6. The van der Waals surface area contributed by atoms with Gasteiger partial charge in [0, 0.05) is 12.0 Å². The molecular weight excluding hydrogens is 576 g/mol. The molecule has 1 amide bonds. The quantitative estimate of drug-likeness (QED) is 0.432. The van der Waals surface area contributed by atoms with Crippen molar-refractivity contribution in [2.45, 2.75) is 63.3 Å². The Morgan fingerprint density at radius 2 is 1.79 bits per heavy atom. The third-order valence-electron chi connectivity index (χ3n) is 7.03. The Kier molecular flexibility index (Phi) is 8.62. The summed E-state index contributed by atoms with van der Waals surface area (Å²) >= 11 is 0. The topological polar surface area (TPSA) is 123 Å². The number of aliphatic imine (C=N–C) groups is 1. The molecule has 0 saturated heterocycles. The highest BCUT2D eigenvalue weighted by molar-refractivity contribution is 5.91. The number of carbonyl (C=O) groups excluding carboxylic acids is 1. The summed E-state index contributed by atoms with van der Waals surface area (Å²) in [5, 5.41) is 10.8. The van der Waals surface area contributed by atoms with E-state index in [4.69, 9.17) is 20.0 Å². The van der Waals surface area contributed by atoms with Gasteiger partial charge in [-0.05, 0) is 49.6 Å². The lowest BCUT2D eigenvalue weighted by Crippen LogP contribution is -2.62. The highest BCUT2D eigenvalue weighted by Crippen LogP contribution is 2.47. The number of anilines is 1. The number of methoxy groups -OCH3 is 1. The number of aliphatic hydroxyl groups is 1. The second kappa shape index (κ2) is 11.6. The van der Waals surface area contributed by atoms with Crippen LogP contribution >= 0.6 is 0 Å². The van der Waals surface area contributed by atoms with Crippen molar-refractivity contribution in [3.8, 4) is 5.88 Å². The van der Waals surface area contributed by atoms with Gasteiger partial charge in [0.25, 0.3) is 0 Å². The number of nitrogens with zero attached hydrogens (tertiary/aromatic N) is 4. The molecule has 0 saturated carbocycles. The molecule has 0 aliphatic carbocycles. The zero-order valence-corrected chi connectivity index (χ0v) is 22.8. The molecule has 1 aromatic heterocycles. The van der Waals surface area contributed by atoms with Crippen molar-refractivity contribution in [3.05, 3.63) is 52.7 Å². The van der Waals surface area contributed by atoms with E-state index in [-0.39, 0.29) is 54.2 Å². The van der Waals surface area contributed by atoms with Crippen LogP contribution in [0.25, 0.3) is 0 Å². The predicted molar refractivity (Wildman–Crippen MR) is 136 cm³/mol. The maximum atomic E-state index is 13.5. The highest BCUT2D eigenvalue weighted by Gasteiger charge is 2.51. The molecule has 0 radical (unpaired) electrons. The van der Waals surface area contributed by atoms with Gasteiger partial charge in [-0.2, -0.15) is 26.3 Å². The molecule has 2 aromatic rings. The summed E-state index contributed by atoms with van der Waals surface area (Å²) in [5.74, 6) is -0.879. The number of nitrogens with two attached hydrogens (primary N) is 1. The number of amides is 1.